The summed E-state index contributed by atoms with van der Waals surface area (Å²) >= 11 is 0. The Morgan fingerprint density at radius 2 is 1.84 bits per heavy atom. The van der Waals surface area contributed by atoms with Gasteiger partial charge < -0.3 is 5.11 Å². The van der Waals surface area contributed by atoms with E-state index in [1.807, 2.05) is 0 Å². The van der Waals surface area contributed by atoms with Gasteiger partial charge in [0.15, 0.2) is 0 Å². The van der Waals surface area contributed by atoms with Crippen molar-refractivity contribution in [2.45, 2.75) is 105 Å². The van der Waals surface area contributed by atoms with E-state index in [1.54, 1.807) is 11.1 Å². The van der Waals surface area contributed by atoms with Gasteiger partial charge in [-0.15, -0.1) is 0 Å². The Morgan fingerprint density at radius 1 is 1.10 bits per heavy atom. The van der Waals surface area contributed by atoms with Crippen LogP contribution in [0.5, 0.6) is 0 Å². The number of hydrogen-bond acceptors (Lipinski definition) is 2. The molecule has 1 fully saturated rings. The fourth-order valence-electron chi connectivity index (χ4n) is 8.13. The number of aliphatic hydroxyl groups is 1. The molecule has 7 atom stereocenters. The first-order valence-electron chi connectivity index (χ1n) is 13.2. The molecule has 0 radical (unpaired) electrons. The van der Waals surface area contributed by atoms with Gasteiger partial charge in [-0.25, -0.2) is 0 Å². The summed E-state index contributed by atoms with van der Waals surface area (Å²) in [5.41, 5.74) is 6.83. The van der Waals surface area contributed by atoms with Crippen LogP contribution in [0.4, 0.5) is 0 Å². The third-order valence-electron chi connectivity index (χ3n) is 10.5. The molecule has 4 aliphatic rings. The van der Waals surface area contributed by atoms with Crippen LogP contribution in [0.25, 0.3) is 0 Å². The highest BCUT2D eigenvalue weighted by atomic mass is 16.3. The molecule has 2 nitrogen and oxygen atoms in total. The van der Waals surface area contributed by atoms with Gasteiger partial charge in [-0.2, -0.15) is 0 Å². The molecule has 1 N–H and O–H groups in total. The van der Waals surface area contributed by atoms with E-state index in [0.29, 0.717) is 17.8 Å². The van der Waals surface area contributed by atoms with Gasteiger partial charge in [0, 0.05) is 17.7 Å². The van der Waals surface area contributed by atoms with E-state index in [2.05, 4.69) is 48.1 Å². The summed E-state index contributed by atoms with van der Waals surface area (Å²) in [6.07, 6.45) is 10.7. The number of aliphatic hydroxyl groups excluding tert-OH is 1. The SMILES string of the molecule is C=C(CCC(C)C1CCN=C2C3=C(CCC21C)C1(C)CCC(O)C(C)C1CC3)C(C)C. The maximum Gasteiger partial charge on any atom is 0.0569 e. The van der Waals surface area contributed by atoms with Crippen LogP contribution in [0.3, 0.4) is 0 Å². The fraction of sp³-hybridized carbons (Fsp3) is 0.828. The normalized spacial score (nSPS) is 41.2. The summed E-state index contributed by atoms with van der Waals surface area (Å²) in [6, 6.07) is 0. The second kappa shape index (κ2) is 8.47. The van der Waals surface area contributed by atoms with Crippen molar-refractivity contribution in [2.24, 2.45) is 45.4 Å². The number of fused-ring (bicyclic) bond motifs is 4. The zero-order valence-corrected chi connectivity index (χ0v) is 21.1. The average Bonchev–Trinajstić information content (AvgIpc) is 2.73. The van der Waals surface area contributed by atoms with Crippen molar-refractivity contribution in [1.82, 2.24) is 0 Å². The van der Waals surface area contributed by atoms with Crippen LogP contribution in [0.2, 0.25) is 0 Å². The molecule has 31 heavy (non-hydrogen) atoms. The molecular weight excluding hydrogens is 378 g/mol. The molecule has 3 aliphatic carbocycles. The van der Waals surface area contributed by atoms with Crippen molar-refractivity contribution < 1.29 is 5.11 Å². The molecule has 7 unspecified atom stereocenters. The maximum atomic E-state index is 10.5. The maximum absolute atomic E-state index is 10.5. The highest BCUT2D eigenvalue weighted by molar-refractivity contribution is 6.06. The van der Waals surface area contributed by atoms with Gasteiger partial charge in [-0.1, -0.05) is 59.3 Å². The fourth-order valence-corrected chi connectivity index (χ4v) is 8.13. The minimum Gasteiger partial charge on any atom is -0.393 e. The van der Waals surface area contributed by atoms with E-state index in [0.717, 1.165) is 31.2 Å². The van der Waals surface area contributed by atoms with E-state index >= 15 is 0 Å². The van der Waals surface area contributed by atoms with Crippen LogP contribution < -0.4 is 0 Å². The molecule has 0 bridgehead atoms. The summed E-state index contributed by atoms with van der Waals surface area (Å²) in [7, 11) is 0. The lowest BCUT2D eigenvalue weighted by Crippen LogP contribution is -2.51. The predicted octanol–water partition coefficient (Wildman–Crippen LogP) is 7.38. The zero-order chi connectivity index (χ0) is 22.6. The summed E-state index contributed by atoms with van der Waals surface area (Å²) in [5, 5.41) is 10.5. The van der Waals surface area contributed by atoms with Crippen LogP contribution in [-0.2, 0) is 0 Å². The Morgan fingerprint density at radius 3 is 2.55 bits per heavy atom. The number of allylic oxidation sites excluding steroid dienone is 3. The van der Waals surface area contributed by atoms with E-state index in [9.17, 15) is 5.11 Å². The molecule has 2 heteroatoms. The Hall–Kier alpha value is -0.890. The van der Waals surface area contributed by atoms with Crippen LogP contribution in [0, 0.1) is 40.4 Å². The molecule has 0 spiro atoms. The molecule has 174 valence electrons. The minimum absolute atomic E-state index is 0.105. The number of aliphatic imine (C=N–C) groups is 1. The third kappa shape index (κ3) is 3.79. The monoisotopic (exact) mass is 425 g/mol. The van der Waals surface area contributed by atoms with Crippen molar-refractivity contribution in [2.75, 3.05) is 6.54 Å². The Labute approximate surface area is 191 Å². The zero-order valence-electron chi connectivity index (χ0n) is 21.1. The molecule has 0 saturated heterocycles. The van der Waals surface area contributed by atoms with Crippen molar-refractivity contribution in [3.8, 4) is 0 Å². The quantitative estimate of drug-likeness (QED) is 0.458. The largest absolute Gasteiger partial charge is 0.393 e. The second-order valence-corrected chi connectivity index (χ2v) is 12.4. The van der Waals surface area contributed by atoms with E-state index in [1.165, 1.54) is 56.2 Å². The summed E-state index contributed by atoms with van der Waals surface area (Å²) in [5.74, 6) is 3.13. The topological polar surface area (TPSA) is 32.6 Å². The van der Waals surface area contributed by atoms with Gasteiger partial charge in [0.05, 0.1) is 6.10 Å². The third-order valence-corrected chi connectivity index (χ3v) is 10.5. The van der Waals surface area contributed by atoms with Crippen molar-refractivity contribution in [3.05, 3.63) is 23.3 Å². The van der Waals surface area contributed by atoms with Crippen molar-refractivity contribution >= 4 is 5.71 Å². The molecule has 1 heterocycles. The Bertz CT molecular complexity index is 776. The van der Waals surface area contributed by atoms with Crippen molar-refractivity contribution in [3.63, 3.8) is 0 Å². The van der Waals surface area contributed by atoms with Crippen LogP contribution in [0.1, 0.15) is 99.3 Å². The minimum atomic E-state index is -0.105. The Kier molecular flexibility index (Phi) is 6.36. The molecular formula is C29H47NO. The first-order chi connectivity index (χ1) is 14.6. The van der Waals surface area contributed by atoms with Crippen LogP contribution in [-0.4, -0.2) is 23.5 Å². The smallest absolute Gasteiger partial charge is 0.0569 e. The Balaban J connectivity index is 1.60. The molecule has 0 aromatic rings. The number of rotatable bonds is 5. The van der Waals surface area contributed by atoms with E-state index < -0.39 is 0 Å². The summed E-state index contributed by atoms with van der Waals surface area (Å²) < 4.78 is 0. The van der Waals surface area contributed by atoms with Crippen LogP contribution in [0.15, 0.2) is 28.3 Å². The summed E-state index contributed by atoms with van der Waals surface area (Å²) in [4.78, 5) is 5.26. The van der Waals surface area contributed by atoms with E-state index in [-0.39, 0.29) is 16.9 Å². The molecule has 0 aromatic carbocycles. The predicted molar refractivity (Wildman–Crippen MR) is 132 cm³/mol. The van der Waals surface area contributed by atoms with Crippen LogP contribution >= 0.6 is 0 Å². The van der Waals surface area contributed by atoms with Crippen molar-refractivity contribution in [1.29, 1.82) is 0 Å². The molecule has 4 rings (SSSR count). The highest BCUT2D eigenvalue weighted by Crippen LogP contribution is 2.61. The lowest BCUT2D eigenvalue weighted by Gasteiger charge is -2.57. The first kappa shape index (κ1) is 23.3. The molecule has 0 amide bonds. The van der Waals surface area contributed by atoms with E-state index in [4.69, 9.17) is 4.99 Å². The van der Waals surface area contributed by atoms with Gasteiger partial charge in [0.1, 0.15) is 0 Å². The van der Waals surface area contributed by atoms with Gasteiger partial charge in [0.2, 0.25) is 0 Å². The van der Waals surface area contributed by atoms with Gasteiger partial charge in [0.25, 0.3) is 0 Å². The number of hydrogen-bond donors (Lipinski definition) is 1. The van der Waals surface area contributed by atoms with Gasteiger partial charge in [-0.3, -0.25) is 4.99 Å². The molecule has 1 aliphatic heterocycles. The van der Waals surface area contributed by atoms with Gasteiger partial charge >= 0.3 is 0 Å². The standard InChI is InChI=1S/C29H47NO/c1-18(2)19(3)8-9-20(4)23-14-17-30-27-22-10-11-24-21(5)26(31)13-16-28(24,6)25(22)12-15-29(23,27)7/h18,20-21,23-24,26,31H,3,8-17H2,1-2,4-7H3. The average molecular weight is 426 g/mol. The lowest BCUT2D eigenvalue weighted by atomic mass is 9.49. The highest BCUT2D eigenvalue weighted by Gasteiger charge is 2.54. The molecule has 0 aromatic heterocycles. The summed E-state index contributed by atoms with van der Waals surface area (Å²) in [6.45, 7) is 19.8. The lowest BCUT2D eigenvalue weighted by molar-refractivity contribution is -0.0278. The first-order valence-corrected chi connectivity index (χ1v) is 13.2. The number of nitrogens with zero attached hydrogens (tertiary/aromatic N) is 1. The van der Waals surface area contributed by atoms with Gasteiger partial charge in [-0.05, 0) is 98.4 Å². The second-order valence-electron chi connectivity index (χ2n) is 12.4. The molecule has 1 saturated carbocycles.